The molecule has 1 atom stereocenters. The van der Waals surface area contributed by atoms with E-state index >= 15 is 0 Å². The monoisotopic (exact) mass is 382 g/mol. The van der Waals surface area contributed by atoms with Gasteiger partial charge in [-0.15, -0.1) is 24.0 Å². The molecule has 114 valence electrons. The lowest BCUT2D eigenvalue weighted by molar-refractivity contribution is 0.163. The van der Waals surface area contributed by atoms with Crippen molar-refractivity contribution in [1.29, 1.82) is 0 Å². The summed E-state index contributed by atoms with van der Waals surface area (Å²) in [6.07, 6.45) is 5.20. The molecule has 1 unspecified atom stereocenters. The molecule has 1 aliphatic rings. The molecule has 19 heavy (non-hydrogen) atoms. The maximum absolute atomic E-state index is 4.51. The number of guanidine groups is 1. The van der Waals surface area contributed by atoms with Gasteiger partial charge in [0.15, 0.2) is 5.96 Å². The van der Waals surface area contributed by atoms with Crippen molar-refractivity contribution in [2.75, 3.05) is 32.7 Å². The van der Waals surface area contributed by atoms with E-state index in [9.17, 15) is 0 Å². The molecule has 1 heterocycles. The van der Waals surface area contributed by atoms with Crippen LogP contribution in [-0.2, 0) is 0 Å². The van der Waals surface area contributed by atoms with Gasteiger partial charge >= 0.3 is 0 Å². The largest absolute Gasteiger partial charge is 0.357 e. The molecule has 0 saturated carbocycles. The highest BCUT2D eigenvalue weighted by atomic mass is 127. The van der Waals surface area contributed by atoms with Crippen molar-refractivity contribution in [3.8, 4) is 0 Å². The smallest absolute Gasteiger partial charge is 0.191 e. The SMILES string of the molecule is CCCN=C(NCC)NCCN1CCCCC1C.I. The Morgan fingerprint density at radius 1 is 1.26 bits per heavy atom. The van der Waals surface area contributed by atoms with Crippen molar-refractivity contribution in [3.63, 3.8) is 0 Å². The molecule has 1 aliphatic heterocycles. The van der Waals surface area contributed by atoms with Gasteiger partial charge in [0, 0.05) is 32.2 Å². The molecule has 0 spiro atoms. The Balaban J connectivity index is 0.00000324. The molecule has 1 saturated heterocycles. The van der Waals surface area contributed by atoms with Crippen LogP contribution in [0.2, 0.25) is 0 Å². The van der Waals surface area contributed by atoms with Crippen LogP contribution in [0.3, 0.4) is 0 Å². The molecule has 0 bridgehead atoms. The number of nitrogens with zero attached hydrogens (tertiary/aromatic N) is 2. The van der Waals surface area contributed by atoms with Gasteiger partial charge in [-0.05, 0) is 39.7 Å². The Labute approximate surface area is 135 Å². The summed E-state index contributed by atoms with van der Waals surface area (Å²) in [5.74, 6) is 0.962. The quantitative estimate of drug-likeness (QED) is 0.421. The molecule has 1 fully saturated rings. The first-order valence-corrected chi connectivity index (χ1v) is 7.54. The molecule has 0 aliphatic carbocycles. The summed E-state index contributed by atoms with van der Waals surface area (Å²) in [6.45, 7) is 11.8. The van der Waals surface area contributed by atoms with E-state index in [0.29, 0.717) is 0 Å². The summed E-state index contributed by atoms with van der Waals surface area (Å²) < 4.78 is 0. The molecule has 4 nitrogen and oxygen atoms in total. The lowest BCUT2D eigenvalue weighted by atomic mass is 10.0. The van der Waals surface area contributed by atoms with Gasteiger partial charge in [-0.1, -0.05) is 13.3 Å². The molecular formula is C14H31IN4. The highest BCUT2D eigenvalue weighted by Crippen LogP contribution is 2.15. The zero-order valence-electron chi connectivity index (χ0n) is 12.7. The van der Waals surface area contributed by atoms with Gasteiger partial charge < -0.3 is 10.6 Å². The lowest BCUT2D eigenvalue weighted by Crippen LogP contribution is -2.45. The van der Waals surface area contributed by atoms with Crippen molar-refractivity contribution in [3.05, 3.63) is 0 Å². The molecule has 0 radical (unpaired) electrons. The summed E-state index contributed by atoms with van der Waals surface area (Å²) in [5, 5.41) is 6.71. The van der Waals surface area contributed by atoms with E-state index in [2.05, 4.69) is 41.3 Å². The van der Waals surface area contributed by atoms with Crippen molar-refractivity contribution in [2.45, 2.75) is 52.5 Å². The van der Waals surface area contributed by atoms with Gasteiger partial charge in [-0.25, -0.2) is 0 Å². The number of aliphatic imine (C=N–C) groups is 1. The fourth-order valence-electron chi connectivity index (χ4n) is 2.37. The summed E-state index contributed by atoms with van der Waals surface area (Å²) in [6, 6.07) is 0.746. The third kappa shape index (κ3) is 7.97. The molecule has 2 N–H and O–H groups in total. The number of likely N-dealkylation sites (tertiary alicyclic amines) is 1. The molecular weight excluding hydrogens is 351 g/mol. The second-order valence-electron chi connectivity index (χ2n) is 5.07. The van der Waals surface area contributed by atoms with Crippen LogP contribution in [-0.4, -0.2) is 49.6 Å². The minimum Gasteiger partial charge on any atom is -0.357 e. The van der Waals surface area contributed by atoms with Crippen molar-refractivity contribution in [1.82, 2.24) is 15.5 Å². The number of nitrogens with one attached hydrogen (secondary N) is 2. The van der Waals surface area contributed by atoms with Crippen LogP contribution in [0.4, 0.5) is 0 Å². The molecule has 0 amide bonds. The van der Waals surface area contributed by atoms with Gasteiger partial charge in [-0.2, -0.15) is 0 Å². The Kier molecular flexibility index (Phi) is 11.7. The van der Waals surface area contributed by atoms with Crippen LogP contribution in [0, 0.1) is 0 Å². The highest BCUT2D eigenvalue weighted by molar-refractivity contribution is 14.0. The van der Waals surface area contributed by atoms with E-state index in [0.717, 1.165) is 44.6 Å². The lowest BCUT2D eigenvalue weighted by Gasteiger charge is -2.33. The number of piperidine rings is 1. The summed E-state index contributed by atoms with van der Waals surface area (Å²) in [4.78, 5) is 7.09. The number of rotatable bonds is 6. The van der Waals surface area contributed by atoms with E-state index in [1.807, 2.05) is 0 Å². The molecule has 0 aromatic carbocycles. The third-order valence-corrected chi connectivity index (χ3v) is 3.47. The average Bonchev–Trinajstić information content (AvgIpc) is 2.38. The average molecular weight is 382 g/mol. The topological polar surface area (TPSA) is 39.7 Å². The standard InChI is InChI=1S/C14H30N4.HI/c1-4-9-16-14(15-5-2)17-10-12-18-11-7-6-8-13(18)3;/h13H,4-12H2,1-3H3,(H2,15,16,17);1H. The Bertz CT molecular complexity index is 246. The zero-order chi connectivity index (χ0) is 13.2. The van der Waals surface area contributed by atoms with E-state index in [4.69, 9.17) is 0 Å². The van der Waals surface area contributed by atoms with E-state index in [-0.39, 0.29) is 24.0 Å². The van der Waals surface area contributed by atoms with Gasteiger partial charge in [0.05, 0.1) is 0 Å². The van der Waals surface area contributed by atoms with E-state index < -0.39 is 0 Å². The van der Waals surface area contributed by atoms with Crippen molar-refractivity contribution in [2.24, 2.45) is 4.99 Å². The minimum atomic E-state index is 0. The molecule has 5 heteroatoms. The van der Waals surface area contributed by atoms with Gasteiger partial charge in [0.1, 0.15) is 0 Å². The van der Waals surface area contributed by atoms with E-state index in [1.165, 1.54) is 25.8 Å². The predicted octanol–water partition coefficient (Wildman–Crippen LogP) is 2.44. The zero-order valence-corrected chi connectivity index (χ0v) is 15.1. The van der Waals surface area contributed by atoms with Gasteiger partial charge in [0.2, 0.25) is 0 Å². The molecule has 0 aromatic heterocycles. The second kappa shape index (κ2) is 11.8. The number of hydrogen-bond donors (Lipinski definition) is 2. The fourth-order valence-corrected chi connectivity index (χ4v) is 2.37. The first kappa shape index (κ1) is 19.0. The summed E-state index contributed by atoms with van der Waals surface area (Å²) >= 11 is 0. The van der Waals surface area contributed by atoms with Crippen LogP contribution >= 0.6 is 24.0 Å². The Morgan fingerprint density at radius 2 is 2.05 bits per heavy atom. The first-order valence-electron chi connectivity index (χ1n) is 7.54. The normalized spacial score (nSPS) is 20.8. The van der Waals surface area contributed by atoms with Crippen LogP contribution in [0.1, 0.15) is 46.5 Å². The van der Waals surface area contributed by atoms with Crippen LogP contribution in [0.15, 0.2) is 4.99 Å². The summed E-state index contributed by atoms with van der Waals surface area (Å²) in [7, 11) is 0. The van der Waals surface area contributed by atoms with Crippen molar-refractivity contribution < 1.29 is 0 Å². The first-order chi connectivity index (χ1) is 8.77. The maximum Gasteiger partial charge on any atom is 0.191 e. The minimum absolute atomic E-state index is 0. The number of hydrogen-bond acceptors (Lipinski definition) is 2. The Morgan fingerprint density at radius 3 is 2.68 bits per heavy atom. The van der Waals surface area contributed by atoms with Gasteiger partial charge in [-0.3, -0.25) is 9.89 Å². The fraction of sp³-hybridized carbons (Fsp3) is 0.929. The van der Waals surface area contributed by atoms with Crippen LogP contribution in [0.25, 0.3) is 0 Å². The summed E-state index contributed by atoms with van der Waals surface area (Å²) in [5.41, 5.74) is 0. The maximum atomic E-state index is 4.51. The number of halogens is 1. The second-order valence-corrected chi connectivity index (χ2v) is 5.07. The molecule has 1 rings (SSSR count). The highest BCUT2D eigenvalue weighted by Gasteiger charge is 2.17. The van der Waals surface area contributed by atoms with Crippen molar-refractivity contribution >= 4 is 29.9 Å². The van der Waals surface area contributed by atoms with E-state index in [1.54, 1.807) is 0 Å². The Hall–Kier alpha value is -0.0400. The van der Waals surface area contributed by atoms with Gasteiger partial charge in [0.25, 0.3) is 0 Å². The van der Waals surface area contributed by atoms with Crippen LogP contribution in [0.5, 0.6) is 0 Å². The predicted molar refractivity (Wildman–Crippen MR) is 94.6 cm³/mol. The third-order valence-electron chi connectivity index (χ3n) is 3.47. The molecule has 0 aromatic rings. The van der Waals surface area contributed by atoms with Crippen LogP contribution < -0.4 is 10.6 Å².